The second-order valence-electron chi connectivity index (χ2n) is 6.68. The Morgan fingerprint density at radius 1 is 1.04 bits per heavy atom. The predicted molar refractivity (Wildman–Crippen MR) is 107 cm³/mol. The first kappa shape index (κ1) is 18.0. The molecule has 0 radical (unpaired) electrons. The maximum absolute atomic E-state index is 12.7. The number of nitrogens with one attached hydrogen (secondary N) is 1. The molecule has 0 unspecified atom stereocenters. The van der Waals surface area contributed by atoms with Crippen LogP contribution < -0.4 is 19.7 Å². The number of ether oxygens (including phenoxy) is 2. The molecule has 2 heterocycles. The van der Waals surface area contributed by atoms with E-state index in [0.29, 0.717) is 36.9 Å². The SMILES string of the molecule is Cc1ccc(N(CC(=O)Nc2ccc3c(c2)OCCO3)Cc2ccco2)cc1. The van der Waals surface area contributed by atoms with Gasteiger partial charge in [0.05, 0.1) is 19.4 Å². The van der Waals surface area contributed by atoms with E-state index in [1.807, 2.05) is 60.4 Å². The van der Waals surface area contributed by atoms with Crippen molar-refractivity contribution in [3.8, 4) is 11.5 Å². The van der Waals surface area contributed by atoms with E-state index in [0.717, 1.165) is 11.4 Å². The van der Waals surface area contributed by atoms with E-state index >= 15 is 0 Å². The van der Waals surface area contributed by atoms with Gasteiger partial charge in [0, 0.05) is 17.4 Å². The van der Waals surface area contributed by atoms with Gasteiger partial charge in [0.1, 0.15) is 19.0 Å². The fourth-order valence-electron chi connectivity index (χ4n) is 3.08. The van der Waals surface area contributed by atoms with Crippen molar-refractivity contribution in [3.63, 3.8) is 0 Å². The largest absolute Gasteiger partial charge is 0.486 e. The van der Waals surface area contributed by atoms with Crippen LogP contribution >= 0.6 is 0 Å². The first-order valence-electron chi connectivity index (χ1n) is 9.21. The van der Waals surface area contributed by atoms with Gasteiger partial charge in [-0.05, 0) is 43.3 Å². The van der Waals surface area contributed by atoms with E-state index in [2.05, 4.69) is 5.32 Å². The third-order valence-electron chi connectivity index (χ3n) is 4.49. The molecule has 28 heavy (non-hydrogen) atoms. The van der Waals surface area contributed by atoms with Crippen LogP contribution in [-0.2, 0) is 11.3 Å². The molecular weight excluding hydrogens is 356 g/mol. The minimum absolute atomic E-state index is 0.121. The summed E-state index contributed by atoms with van der Waals surface area (Å²) in [5.41, 5.74) is 2.80. The van der Waals surface area contributed by atoms with Crippen molar-refractivity contribution in [2.24, 2.45) is 0 Å². The first-order chi connectivity index (χ1) is 13.7. The highest BCUT2D eigenvalue weighted by atomic mass is 16.6. The Bertz CT molecular complexity index is 936. The summed E-state index contributed by atoms with van der Waals surface area (Å²) in [6, 6.07) is 17.2. The van der Waals surface area contributed by atoms with Gasteiger partial charge in [-0.25, -0.2) is 0 Å². The summed E-state index contributed by atoms with van der Waals surface area (Å²) in [4.78, 5) is 14.7. The van der Waals surface area contributed by atoms with Crippen LogP contribution in [0.25, 0.3) is 0 Å². The third kappa shape index (κ3) is 4.28. The normalized spacial score (nSPS) is 12.5. The second kappa shape index (κ2) is 8.08. The van der Waals surface area contributed by atoms with E-state index in [1.165, 1.54) is 5.56 Å². The van der Waals surface area contributed by atoms with Crippen LogP contribution in [0.3, 0.4) is 0 Å². The van der Waals surface area contributed by atoms with Gasteiger partial charge in [0.2, 0.25) is 5.91 Å². The van der Waals surface area contributed by atoms with Gasteiger partial charge in [-0.2, -0.15) is 0 Å². The van der Waals surface area contributed by atoms with E-state index in [4.69, 9.17) is 13.9 Å². The molecule has 1 aliphatic heterocycles. The summed E-state index contributed by atoms with van der Waals surface area (Å²) in [5, 5.41) is 2.94. The van der Waals surface area contributed by atoms with Crippen LogP contribution in [-0.4, -0.2) is 25.7 Å². The number of anilines is 2. The van der Waals surface area contributed by atoms with Crippen LogP contribution in [0, 0.1) is 6.92 Å². The molecule has 144 valence electrons. The Morgan fingerprint density at radius 3 is 2.57 bits per heavy atom. The number of furan rings is 1. The van der Waals surface area contributed by atoms with E-state index in [9.17, 15) is 4.79 Å². The minimum atomic E-state index is -0.121. The number of aryl methyl sites for hydroxylation is 1. The zero-order valence-electron chi connectivity index (χ0n) is 15.7. The van der Waals surface area contributed by atoms with E-state index in [1.54, 1.807) is 12.3 Å². The van der Waals surface area contributed by atoms with Crippen molar-refractivity contribution in [1.82, 2.24) is 0 Å². The van der Waals surface area contributed by atoms with Crippen LogP contribution in [0.2, 0.25) is 0 Å². The van der Waals surface area contributed by atoms with Gasteiger partial charge in [-0.15, -0.1) is 0 Å². The minimum Gasteiger partial charge on any atom is -0.486 e. The van der Waals surface area contributed by atoms with Crippen molar-refractivity contribution in [2.45, 2.75) is 13.5 Å². The topological polar surface area (TPSA) is 63.9 Å². The maximum atomic E-state index is 12.7. The summed E-state index contributed by atoms with van der Waals surface area (Å²) in [5.74, 6) is 2.02. The number of carbonyl (C=O) groups excluding carboxylic acids is 1. The zero-order chi connectivity index (χ0) is 19.3. The lowest BCUT2D eigenvalue weighted by molar-refractivity contribution is -0.115. The summed E-state index contributed by atoms with van der Waals surface area (Å²) >= 11 is 0. The maximum Gasteiger partial charge on any atom is 0.243 e. The number of benzene rings is 2. The lowest BCUT2D eigenvalue weighted by atomic mass is 10.2. The Labute approximate surface area is 163 Å². The summed E-state index contributed by atoms with van der Waals surface area (Å²) < 4.78 is 16.6. The zero-order valence-corrected chi connectivity index (χ0v) is 15.7. The van der Waals surface area contributed by atoms with Crippen molar-refractivity contribution in [2.75, 3.05) is 30.0 Å². The fraction of sp³-hybridized carbons (Fsp3) is 0.227. The first-order valence-corrected chi connectivity index (χ1v) is 9.21. The van der Waals surface area contributed by atoms with Gasteiger partial charge in [-0.1, -0.05) is 17.7 Å². The van der Waals surface area contributed by atoms with Crippen LogP contribution in [0.15, 0.2) is 65.3 Å². The molecule has 1 aromatic heterocycles. The molecule has 0 bridgehead atoms. The Balaban J connectivity index is 1.47. The van der Waals surface area contributed by atoms with Gasteiger partial charge >= 0.3 is 0 Å². The molecule has 0 saturated heterocycles. The van der Waals surface area contributed by atoms with Gasteiger partial charge in [0.15, 0.2) is 11.5 Å². The third-order valence-corrected chi connectivity index (χ3v) is 4.49. The highest BCUT2D eigenvalue weighted by Gasteiger charge is 2.16. The molecule has 1 amide bonds. The number of fused-ring (bicyclic) bond motifs is 1. The number of hydrogen-bond acceptors (Lipinski definition) is 5. The second-order valence-corrected chi connectivity index (χ2v) is 6.68. The van der Waals surface area contributed by atoms with Crippen LogP contribution in [0.5, 0.6) is 11.5 Å². The van der Waals surface area contributed by atoms with Crippen molar-refractivity contribution in [1.29, 1.82) is 0 Å². The molecule has 0 aliphatic carbocycles. The molecular formula is C22H22N2O4. The van der Waals surface area contributed by atoms with Crippen molar-refractivity contribution >= 4 is 17.3 Å². The Morgan fingerprint density at radius 2 is 1.82 bits per heavy atom. The molecule has 0 saturated carbocycles. The smallest absolute Gasteiger partial charge is 0.243 e. The molecule has 0 spiro atoms. The molecule has 4 rings (SSSR count). The Kier molecular flexibility index (Phi) is 5.19. The molecule has 6 heteroatoms. The highest BCUT2D eigenvalue weighted by Crippen LogP contribution is 2.32. The summed E-state index contributed by atoms with van der Waals surface area (Å²) in [7, 11) is 0. The highest BCUT2D eigenvalue weighted by molar-refractivity contribution is 5.94. The number of amides is 1. The Hall–Kier alpha value is -3.41. The van der Waals surface area contributed by atoms with Crippen molar-refractivity contribution < 1.29 is 18.7 Å². The predicted octanol–water partition coefficient (Wildman–Crippen LogP) is 4.00. The van der Waals surface area contributed by atoms with Gasteiger partial charge < -0.3 is 24.1 Å². The van der Waals surface area contributed by atoms with Crippen molar-refractivity contribution in [3.05, 3.63) is 72.2 Å². The standard InChI is InChI=1S/C22H22N2O4/c1-16-4-7-18(8-5-16)24(14-19-3-2-10-26-19)15-22(25)23-17-6-9-20-21(13-17)28-12-11-27-20/h2-10,13H,11-12,14-15H2,1H3,(H,23,25). The molecule has 2 aromatic carbocycles. The fourth-order valence-corrected chi connectivity index (χ4v) is 3.08. The molecule has 3 aromatic rings. The molecule has 1 N–H and O–H groups in total. The van der Waals surface area contributed by atoms with E-state index < -0.39 is 0 Å². The van der Waals surface area contributed by atoms with E-state index in [-0.39, 0.29) is 12.5 Å². The van der Waals surface area contributed by atoms with Crippen LogP contribution in [0.4, 0.5) is 11.4 Å². The summed E-state index contributed by atoms with van der Waals surface area (Å²) in [6.07, 6.45) is 1.64. The number of nitrogens with zero attached hydrogens (tertiary/aromatic N) is 1. The summed E-state index contributed by atoms with van der Waals surface area (Å²) in [6.45, 7) is 3.78. The molecule has 6 nitrogen and oxygen atoms in total. The quantitative estimate of drug-likeness (QED) is 0.702. The number of hydrogen-bond donors (Lipinski definition) is 1. The van der Waals surface area contributed by atoms with Crippen LogP contribution in [0.1, 0.15) is 11.3 Å². The number of rotatable bonds is 6. The lowest BCUT2D eigenvalue weighted by Gasteiger charge is -2.24. The molecule has 1 aliphatic rings. The van der Waals surface area contributed by atoms with Gasteiger partial charge in [-0.3, -0.25) is 4.79 Å². The molecule has 0 fully saturated rings. The number of carbonyl (C=O) groups is 1. The van der Waals surface area contributed by atoms with Gasteiger partial charge in [0.25, 0.3) is 0 Å². The molecule has 0 atom stereocenters. The average molecular weight is 378 g/mol. The lowest BCUT2D eigenvalue weighted by Crippen LogP contribution is -2.32. The average Bonchev–Trinajstić information content (AvgIpc) is 3.21. The monoisotopic (exact) mass is 378 g/mol.